The molecule has 68 heavy (non-hydrogen) atoms. The molecule has 4 saturated heterocycles. The predicted octanol–water partition coefficient (Wildman–Crippen LogP) is 6.47. The van der Waals surface area contributed by atoms with Crippen molar-refractivity contribution in [1.29, 1.82) is 0 Å². The summed E-state index contributed by atoms with van der Waals surface area (Å²) >= 11 is 1.49. The number of carbonyl (C=O) groups is 4. The second kappa shape index (κ2) is 18.9. The lowest BCUT2D eigenvalue weighted by Crippen LogP contribution is -2.62. The Balaban J connectivity index is 0.986. The van der Waals surface area contributed by atoms with Gasteiger partial charge in [0, 0.05) is 90.7 Å². The first-order valence-electron chi connectivity index (χ1n) is 25.1. The van der Waals surface area contributed by atoms with Gasteiger partial charge in [0.05, 0.1) is 46.9 Å². The predicted molar refractivity (Wildman–Crippen MR) is 259 cm³/mol. The number of pyridine rings is 1. The number of hydrogen-bond acceptors (Lipinski definition) is 12. The maximum absolute atomic E-state index is 15.0. The van der Waals surface area contributed by atoms with Crippen molar-refractivity contribution in [2.24, 2.45) is 16.7 Å². The van der Waals surface area contributed by atoms with E-state index in [2.05, 4.69) is 65.2 Å². The molecule has 16 heteroatoms. The Morgan fingerprint density at radius 2 is 1.85 bits per heavy atom. The van der Waals surface area contributed by atoms with Crippen LogP contribution in [0, 0.1) is 16.7 Å². The molecule has 4 aromatic rings. The first-order valence-corrected chi connectivity index (χ1v) is 25.9. The number of amides is 3. The number of aryl methyl sites for hydroxylation is 1. The van der Waals surface area contributed by atoms with Gasteiger partial charge in [-0.05, 0) is 108 Å². The second-order valence-corrected chi connectivity index (χ2v) is 22.2. The SMILES string of the molecule is CCn1c(-c2cccnc2[C@H](C)OC)c2c3cc(ccc31)-c1csc(n1)C[C@H](NC(=O)[C@H](C1CCCC1)N1CC[C@]3(CCN(C(=O)[C@@H]4O[C@@H]4C)C3)C1)C(=O)N1CCC[C@H](N1)C(=O)OCC(C)(C)C2. The zero-order chi connectivity index (χ0) is 47.5. The lowest BCUT2D eigenvalue weighted by atomic mass is 9.84. The molecule has 3 amide bonds. The van der Waals surface area contributed by atoms with Crippen molar-refractivity contribution < 1.29 is 33.4 Å². The molecule has 1 aromatic carbocycles. The molecule has 15 nitrogen and oxygen atoms in total. The highest BCUT2D eigenvalue weighted by Gasteiger charge is 2.52. The van der Waals surface area contributed by atoms with Gasteiger partial charge in [-0.1, -0.05) is 32.8 Å². The van der Waals surface area contributed by atoms with Crippen LogP contribution in [0.25, 0.3) is 33.4 Å². The van der Waals surface area contributed by atoms with E-state index in [1.807, 2.05) is 36.4 Å². The molecule has 0 unspecified atom stereocenters. The number of rotatable bonds is 9. The first-order chi connectivity index (χ1) is 32.7. The molecule has 6 aliphatic rings. The number of nitrogens with zero attached hydrogens (tertiary/aromatic N) is 6. The van der Waals surface area contributed by atoms with Gasteiger partial charge in [0.2, 0.25) is 5.91 Å². The Morgan fingerprint density at radius 1 is 1.06 bits per heavy atom. The number of ether oxygens (including phenoxy) is 3. The standard InChI is InChI=1S/C52H68N8O7S/c1-7-59-41-17-16-34-24-36(41)37(45(59)35-14-10-20-53-43(35)31(2)65-6)26-51(4,5)30-66-50(64)38-15-11-21-60(56-38)48(62)39(25-42-54-40(34)27-68-42)55-47(61)44(33-12-8-9-13-33)57-22-18-52(28-57)19-23-58(29-52)49(63)46-32(3)67-46/h10,14,16-17,20,24,27,31-33,38-39,44,46,56H,7-9,11-13,15,18-19,21-23,25-26,28-30H2,1-6H3,(H,55,61)/t31-,32+,38-,39-,44-,46+,52-/m0/s1. The van der Waals surface area contributed by atoms with Crippen LogP contribution in [0.3, 0.4) is 0 Å². The minimum Gasteiger partial charge on any atom is -0.464 e. The van der Waals surface area contributed by atoms with Gasteiger partial charge in [-0.2, -0.15) is 0 Å². The molecule has 7 atom stereocenters. The summed E-state index contributed by atoms with van der Waals surface area (Å²) in [7, 11) is 1.70. The van der Waals surface area contributed by atoms with Gasteiger partial charge < -0.3 is 29.0 Å². The van der Waals surface area contributed by atoms with Crippen LogP contribution in [0.4, 0.5) is 0 Å². The molecule has 2 N–H and O–H groups in total. The number of fused-ring (bicyclic) bond motifs is 6. The van der Waals surface area contributed by atoms with Crippen molar-refractivity contribution in [2.75, 3.05) is 46.4 Å². The summed E-state index contributed by atoms with van der Waals surface area (Å²) in [6, 6.07) is 8.54. The zero-order valence-corrected chi connectivity index (χ0v) is 41.4. The van der Waals surface area contributed by atoms with Crippen molar-refractivity contribution in [3.8, 4) is 22.5 Å². The molecule has 5 aliphatic heterocycles. The van der Waals surface area contributed by atoms with Gasteiger partial charge in [0.15, 0.2) is 6.10 Å². The van der Waals surface area contributed by atoms with Gasteiger partial charge in [-0.3, -0.25) is 34.1 Å². The van der Waals surface area contributed by atoms with Gasteiger partial charge in [-0.15, -0.1) is 11.3 Å². The summed E-state index contributed by atoms with van der Waals surface area (Å²) < 4.78 is 19.9. The normalized spacial score (nSPS) is 27.7. The van der Waals surface area contributed by atoms with Crippen LogP contribution in [0.1, 0.15) is 108 Å². The average Bonchev–Trinajstić information content (AvgIpc) is 4.00. The molecular formula is C52H68N8O7S. The quantitative estimate of drug-likeness (QED) is 0.140. The molecule has 0 radical (unpaired) electrons. The van der Waals surface area contributed by atoms with Crippen LogP contribution in [0.15, 0.2) is 41.9 Å². The highest BCUT2D eigenvalue weighted by atomic mass is 32.1. The third-order valence-corrected chi connectivity index (χ3v) is 16.7. The number of aromatic nitrogens is 3. The smallest absolute Gasteiger partial charge is 0.324 e. The number of carbonyl (C=O) groups excluding carboxylic acids is 4. The number of cyclic esters (lactones) is 1. The monoisotopic (exact) mass is 948 g/mol. The van der Waals surface area contributed by atoms with Crippen molar-refractivity contribution in [3.05, 3.63) is 58.2 Å². The van der Waals surface area contributed by atoms with E-state index in [9.17, 15) is 14.4 Å². The number of methoxy groups -OCH3 is 1. The fourth-order valence-electron chi connectivity index (χ4n) is 12.1. The lowest BCUT2D eigenvalue weighted by molar-refractivity contribution is -0.155. The topological polar surface area (TPSA) is 164 Å². The van der Waals surface area contributed by atoms with Gasteiger partial charge in [0.1, 0.15) is 12.1 Å². The molecule has 1 aliphatic carbocycles. The Hall–Kier alpha value is -4.74. The number of nitrogens with one attached hydrogen (secondary N) is 2. The Kier molecular flexibility index (Phi) is 13.0. The number of benzene rings is 1. The molecule has 1 saturated carbocycles. The van der Waals surface area contributed by atoms with Gasteiger partial charge in [-0.25, -0.2) is 10.4 Å². The third-order valence-electron chi connectivity index (χ3n) is 15.8. The van der Waals surface area contributed by atoms with Gasteiger partial charge in [0.25, 0.3) is 11.8 Å². The van der Waals surface area contributed by atoms with Crippen LogP contribution in [0.2, 0.25) is 0 Å². The number of hydrazine groups is 1. The van der Waals surface area contributed by atoms with Crippen LogP contribution < -0.4 is 10.7 Å². The van der Waals surface area contributed by atoms with E-state index in [-0.39, 0.29) is 60.4 Å². The summed E-state index contributed by atoms with van der Waals surface area (Å²) in [5, 5.41) is 8.71. The molecule has 1 spiro atoms. The summed E-state index contributed by atoms with van der Waals surface area (Å²) in [6.45, 7) is 14.5. The summed E-state index contributed by atoms with van der Waals surface area (Å²) in [5.41, 5.74) is 9.59. The molecule has 3 aromatic heterocycles. The highest BCUT2D eigenvalue weighted by molar-refractivity contribution is 7.10. The fourth-order valence-corrected chi connectivity index (χ4v) is 12.9. The van der Waals surface area contributed by atoms with Crippen molar-refractivity contribution >= 4 is 45.9 Å². The fraction of sp³-hybridized carbons (Fsp3) is 0.615. The lowest BCUT2D eigenvalue weighted by Gasteiger charge is -2.37. The molecule has 5 fully saturated rings. The maximum atomic E-state index is 15.0. The van der Waals surface area contributed by atoms with E-state index >= 15 is 4.79 Å². The molecule has 10 rings (SSSR count). The minimum absolute atomic E-state index is 0.0217. The first kappa shape index (κ1) is 47.0. The second-order valence-electron chi connectivity index (χ2n) is 21.3. The third kappa shape index (κ3) is 9.11. The summed E-state index contributed by atoms with van der Waals surface area (Å²) in [5.74, 6) is -0.590. The van der Waals surface area contributed by atoms with Crippen molar-refractivity contribution in [2.45, 2.75) is 142 Å². The van der Waals surface area contributed by atoms with E-state index in [1.54, 1.807) is 7.11 Å². The number of thiazole rings is 1. The van der Waals surface area contributed by atoms with E-state index in [1.165, 1.54) is 16.3 Å². The van der Waals surface area contributed by atoms with E-state index < -0.39 is 29.5 Å². The summed E-state index contributed by atoms with van der Waals surface area (Å²) in [4.78, 5) is 71.4. The van der Waals surface area contributed by atoms with E-state index in [0.29, 0.717) is 38.9 Å². The van der Waals surface area contributed by atoms with E-state index in [4.69, 9.17) is 24.2 Å². The zero-order valence-electron chi connectivity index (χ0n) is 40.6. The van der Waals surface area contributed by atoms with Crippen molar-refractivity contribution in [3.63, 3.8) is 0 Å². The van der Waals surface area contributed by atoms with Crippen LogP contribution in [0.5, 0.6) is 0 Å². The largest absolute Gasteiger partial charge is 0.464 e. The minimum atomic E-state index is -0.930. The van der Waals surface area contributed by atoms with Crippen molar-refractivity contribution in [1.82, 2.24) is 40.1 Å². The molecule has 6 bridgehead atoms. The van der Waals surface area contributed by atoms with Crippen LogP contribution >= 0.6 is 11.3 Å². The van der Waals surface area contributed by atoms with Crippen LogP contribution in [-0.2, 0) is 52.8 Å². The van der Waals surface area contributed by atoms with Gasteiger partial charge >= 0.3 is 5.97 Å². The number of esters is 1. The number of hydrogen-bond donors (Lipinski definition) is 2. The Labute approximate surface area is 403 Å². The van der Waals surface area contributed by atoms with Crippen LogP contribution in [-0.4, -0.2) is 130 Å². The van der Waals surface area contributed by atoms with E-state index in [0.717, 1.165) is 108 Å². The highest BCUT2D eigenvalue weighted by Crippen LogP contribution is 2.45. The number of likely N-dealkylation sites (tertiary alicyclic amines) is 2. The molecule has 8 heterocycles. The Morgan fingerprint density at radius 3 is 2.62 bits per heavy atom. The Bertz CT molecular complexity index is 2570. The average molecular weight is 949 g/mol. The maximum Gasteiger partial charge on any atom is 0.324 e. The molecule has 364 valence electrons. The summed E-state index contributed by atoms with van der Waals surface area (Å²) in [6.07, 6.45) is 9.02. The number of epoxide rings is 1. The molecular weight excluding hydrogens is 881 g/mol.